The molecule has 34 heavy (non-hydrogen) atoms. The molecule has 176 valence electrons. The first-order valence-electron chi connectivity index (χ1n) is 10.9. The molecule has 0 saturated carbocycles. The van der Waals surface area contributed by atoms with E-state index in [0.717, 1.165) is 16.7 Å². The summed E-state index contributed by atoms with van der Waals surface area (Å²) in [4.78, 5) is 31.7. The van der Waals surface area contributed by atoms with Gasteiger partial charge in [-0.1, -0.05) is 47.2 Å². The summed E-state index contributed by atoms with van der Waals surface area (Å²) >= 11 is 1.28. The van der Waals surface area contributed by atoms with Gasteiger partial charge in [0.2, 0.25) is 0 Å². The fourth-order valence-corrected chi connectivity index (χ4v) is 5.00. The zero-order valence-corrected chi connectivity index (χ0v) is 20.6. The van der Waals surface area contributed by atoms with Gasteiger partial charge in [-0.15, -0.1) is 0 Å². The van der Waals surface area contributed by atoms with Gasteiger partial charge in [-0.3, -0.25) is 9.36 Å². The van der Waals surface area contributed by atoms with Gasteiger partial charge in [0.05, 0.1) is 42.7 Å². The van der Waals surface area contributed by atoms with Crippen molar-refractivity contribution >= 4 is 23.4 Å². The maximum atomic E-state index is 13.6. The summed E-state index contributed by atoms with van der Waals surface area (Å²) in [6, 6.07) is 12.6. The van der Waals surface area contributed by atoms with Gasteiger partial charge in [-0.2, -0.15) is 0 Å². The Morgan fingerprint density at radius 2 is 1.79 bits per heavy atom. The lowest BCUT2D eigenvalue weighted by atomic mass is 9.95. The first-order valence-corrected chi connectivity index (χ1v) is 11.7. The topological polar surface area (TPSA) is 79.1 Å². The number of carbonyl (C=O) groups excluding carboxylic acids is 1. The Labute approximate surface area is 201 Å². The Morgan fingerprint density at radius 1 is 1.09 bits per heavy atom. The molecule has 0 aliphatic carbocycles. The van der Waals surface area contributed by atoms with Crippen LogP contribution in [0.5, 0.6) is 11.5 Å². The van der Waals surface area contributed by atoms with Crippen molar-refractivity contribution in [3.8, 4) is 11.5 Å². The molecule has 4 rings (SSSR count). The van der Waals surface area contributed by atoms with Gasteiger partial charge in [0, 0.05) is 0 Å². The third-order valence-corrected chi connectivity index (χ3v) is 6.60. The van der Waals surface area contributed by atoms with Gasteiger partial charge in [0.1, 0.15) is 0 Å². The van der Waals surface area contributed by atoms with Crippen LogP contribution in [-0.2, 0) is 9.53 Å². The smallest absolute Gasteiger partial charge is 0.338 e. The maximum absolute atomic E-state index is 13.6. The number of carbonyl (C=O) groups is 1. The molecule has 0 N–H and O–H groups in total. The Hall–Kier alpha value is -3.65. The van der Waals surface area contributed by atoms with Crippen molar-refractivity contribution in [2.75, 3.05) is 20.8 Å². The Morgan fingerprint density at radius 3 is 2.44 bits per heavy atom. The molecule has 1 aliphatic heterocycles. The fourth-order valence-electron chi connectivity index (χ4n) is 3.95. The third kappa shape index (κ3) is 4.28. The van der Waals surface area contributed by atoms with E-state index in [1.54, 1.807) is 44.8 Å². The van der Waals surface area contributed by atoms with Crippen LogP contribution in [0.3, 0.4) is 0 Å². The number of ether oxygens (including phenoxy) is 3. The number of rotatable bonds is 6. The molecule has 2 heterocycles. The normalized spacial score (nSPS) is 15.6. The number of hydrogen-bond acceptors (Lipinski definition) is 7. The number of methoxy groups -OCH3 is 2. The monoisotopic (exact) mass is 478 g/mol. The van der Waals surface area contributed by atoms with Gasteiger partial charge in [0.15, 0.2) is 16.3 Å². The maximum Gasteiger partial charge on any atom is 0.338 e. The van der Waals surface area contributed by atoms with Gasteiger partial charge < -0.3 is 14.2 Å². The Bertz CT molecular complexity index is 1450. The van der Waals surface area contributed by atoms with Crippen LogP contribution in [0.2, 0.25) is 0 Å². The second-order valence-electron chi connectivity index (χ2n) is 7.83. The predicted octanol–water partition coefficient (Wildman–Crippen LogP) is 3.12. The highest BCUT2D eigenvalue weighted by Crippen LogP contribution is 2.31. The van der Waals surface area contributed by atoms with Crippen molar-refractivity contribution in [3.05, 3.63) is 90.1 Å². The number of fused-ring (bicyclic) bond motifs is 1. The highest BCUT2D eigenvalue weighted by molar-refractivity contribution is 7.07. The summed E-state index contributed by atoms with van der Waals surface area (Å²) < 4.78 is 18.1. The lowest BCUT2D eigenvalue weighted by Gasteiger charge is -2.24. The SMILES string of the molecule is CCOC(=O)C1=C(C)N=c2s/c(=C/c3ccc(OC)c(OC)c3)c(=O)n2[C@@H]1c1ccc(C)cc1. The second kappa shape index (κ2) is 9.69. The van der Waals surface area contributed by atoms with Crippen molar-refractivity contribution in [1.29, 1.82) is 0 Å². The Kier molecular flexibility index (Phi) is 6.70. The molecule has 8 heteroatoms. The molecule has 0 bridgehead atoms. The Balaban J connectivity index is 1.92. The fraction of sp³-hybridized carbons (Fsp3) is 0.269. The van der Waals surface area contributed by atoms with E-state index in [1.165, 1.54) is 11.3 Å². The van der Waals surface area contributed by atoms with E-state index in [2.05, 4.69) is 4.99 Å². The van der Waals surface area contributed by atoms with Crippen molar-refractivity contribution < 1.29 is 19.0 Å². The lowest BCUT2D eigenvalue weighted by molar-refractivity contribution is -0.139. The molecule has 0 spiro atoms. The zero-order valence-electron chi connectivity index (χ0n) is 19.7. The summed E-state index contributed by atoms with van der Waals surface area (Å²) in [5, 5.41) is 0. The van der Waals surface area contributed by atoms with E-state index in [-0.39, 0.29) is 12.2 Å². The molecule has 0 saturated heterocycles. The van der Waals surface area contributed by atoms with Crippen LogP contribution in [0, 0.1) is 6.92 Å². The van der Waals surface area contributed by atoms with Gasteiger partial charge in [0.25, 0.3) is 5.56 Å². The second-order valence-corrected chi connectivity index (χ2v) is 8.84. The minimum absolute atomic E-state index is 0.224. The standard InChI is InChI=1S/C26H26N2O5S/c1-6-33-25(30)22-16(3)27-26-28(23(22)18-10-7-15(2)8-11-18)24(29)21(34-26)14-17-9-12-19(31-4)20(13-17)32-5/h7-14,23H,6H2,1-5H3/b21-14+/t23-/m1/s1. The van der Waals surface area contributed by atoms with E-state index in [4.69, 9.17) is 14.2 Å². The average molecular weight is 479 g/mol. The third-order valence-electron chi connectivity index (χ3n) is 5.62. The number of hydrogen-bond donors (Lipinski definition) is 0. The van der Waals surface area contributed by atoms with Crippen LogP contribution in [0.25, 0.3) is 6.08 Å². The van der Waals surface area contributed by atoms with E-state index in [1.807, 2.05) is 43.3 Å². The number of esters is 1. The molecule has 0 fully saturated rings. The highest BCUT2D eigenvalue weighted by atomic mass is 32.1. The zero-order chi connectivity index (χ0) is 24.4. The molecule has 3 aromatic rings. The summed E-state index contributed by atoms with van der Waals surface area (Å²) in [6.07, 6.45) is 1.79. The van der Waals surface area contributed by atoms with Gasteiger partial charge in [-0.25, -0.2) is 9.79 Å². The van der Waals surface area contributed by atoms with Crippen molar-refractivity contribution in [1.82, 2.24) is 4.57 Å². The van der Waals surface area contributed by atoms with E-state index >= 15 is 0 Å². The van der Waals surface area contributed by atoms with Crippen LogP contribution < -0.4 is 24.4 Å². The van der Waals surface area contributed by atoms with Crippen molar-refractivity contribution in [2.45, 2.75) is 26.8 Å². The molecule has 0 radical (unpaired) electrons. The number of nitrogens with zero attached hydrogens (tertiary/aromatic N) is 2. The number of thiazole rings is 1. The molecular formula is C26H26N2O5S. The minimum Gasteiger partial charge on any atom is -0.493 e. The number of allylic oxidation sites excluding steroid dienone is 1. The van der Waals surface area contributed by atoms with Crippen LogP contribution in [0.1, 0.15) is 36.6 Å². The number of benzene rings is 2. The van der Waals surface area contributed by atoms with Crippen LogP contribution in [0.4, 0.5) is 0 Å². The molecule has 7 nitrogen and oxygen atoms in total. The van der Waals surface area contributed by atoms with Crippen molar-refractivity contribution in [3.63, 3.8) is 0 Å². The molecule has 1 atom stereocenters. The summed E-state index contributed by atoms with van der Waals surface area (Å²) in [6.45, 7) is 5.76. The average Bonchev–Trinajstić information content (AvgIpc) is 3.13. The van der Waals surface area contributed by atoms with E-state index in [9.17, 15) is 9.59 Å². The van der Waals surface area contributed by atoms with Crippen LogP contribution in [0.15, 0.2) is 63.5 Å². The quantitative estimate of drug-likeness (QED) is 0.509. The van der Waals surface area contributed by atoms with Gasteiger partial charge in [-0.05, 0) is 50.1 Å². The largest absolute Gasteiger partial charge is 0.493 e. The number of aryl methyl sites for hydroxylation is 1. The first-order chi connectivity index (χ1) is 16.4. The number of aromatic nitrogens is 1. The predicted molar refractivity (Wildman–Crippen MR) is 131 cm³/mol. The molecule has 0 amide bonds. The lowest BCUT2D eigenvalue weighted by Crippen LogP contribution is -2.39. The van der Waals surface area contributed by atoms with Crippen LogP contribution in [-0.4, -0.2) is 31.4 Å². The molecule has 1 aromatic heterocycles. The molecule has 0 unspecified atom stereocenters. The summed E-state index contributed by atoms with van der Waals surface area (Å²) in [7, 11) is 3.14. The van der Waals surface area contributed by atoms with E-state index < -0.39 is 12.0 Å². The molecular weight excluding hydrogens is 452 g/mol. The molecule has 1 aliphatic rings. The highest BCUT2D eigenvalue weighted by Gasteiger charge is 2.33. The molecule has 2 aromatic carbocycles. The summed E-state index contributed by atoms with van der Waals surface area (Å²) in [5.74, 6) is 0.709. The summed E-state index contributed by atoms with van der Waals surface area (Å²) in [5.41, 5.74) is 3.39. The first kappa shape index (κ1) is 23.5. The van der Waals surface area contributed by atoms with E-state index in [0.29, 0.717) is 32.1 Å². The van der Waals surface area contributed by atoms with Crippen molar-refractivity contribution in [2.24, 2.45) is 4.99 Å². The van der Waals surface area contributed by atoms with Crippen LogP contribution >= 0.6 is 11.3 Å². The minimum atomic E-state index is -0.622. The van der Waals surface area contributed by atoms with Gasteiger partial charge >= 0.3 is 5.97 Å².